The summed E-state index contributed by atoms with van der Waals surface area (Å²) in [4.78, 5) is 24.2. The van der Waals surface area contributed by atoms with Crippen LogP contribution < -0.4 is 25.0 Å². The molecule has 160 valence electrons. The quantitative estimate of drug-likeness (QED) is 0.373. The van der Waals surface area contributed by atoms with Crippen LogP contribution >= 0.6 is 0 Å². The second-order valence-corrected chi connectivity index (χ2v) is 6.34. The summed E-state index contributed by atoms with van der Waals surface area (Å²) in [5.74, 6) is -0.0620. The Morgan fingerprint density at radius 2 is 1.77 bits per heavy atom. The van der Waals surface area contributed by atoms with Crippen LogP contribution in [0.3, 0.4) is 0 Å². The van der Waals surface area contributed by atoms with E-state index in [0.717, 1.165) is 12.0 Å². The number of rotatable bonds is 9. The van der Waals surface area contributed by atoms with Gasteiger partial charge in [-0.05, 0) is 61.7 Å². The number of ether oxygens (including phenoxy) is 3. The van der Waals surface area contributed by atoms with Gasteiger partial charge in [0.25, 0.3) is 0 Å². The Morgan fingerprint density at radius 3 is 2.47 bits per heavy atom. The van der Waals surface area contributed by atoms with Crippen molar-refractivity contribution in [1.29, 1.82) is 0 Å². The fraction of sp³-hybridized carbons (Fsp3) is 0.318. The van der Waals surface area contributed by atoms with Crippen molar-refractivity contribution in [3.05, 3.63) is 47.5 Å². The smallest absolute Gasteiger partial charge is 0.329 e. The number of hydrogen-bond acceptors (Lipinski definition) is 6. The molecule has 2 aromatic carbocycles. The number of nitrogens with zero attached hydrogens (tertiary/aromatic N) is 1. The molecule has 0 atom stereocenters. The summed E-state index contributed by atoms with van der Waals surface area (Å²) >= 11 is 0. The van der Waals surface area contributed by atoms with Gasteiger partial charge in [0.05, 0.1) is 32.2 Å². The number of hydrogen-bond donors (Lipinski definition) is 2. The van der Waals surface area contributed by atoms with Gasteiger partial charge in [0.1, 0.15) is 5.75 Å². The number of hydrazone groups is 1. The average molecular weight is 413 g/mol. The molecule has 2 amide bonds. The van der Waals surface area contributed by atoms with Gasteiger partial charge < -0.3 is 19.5 Å². The minimum Gasteiger partial charge on any atom is -0.495 e. The zero-order valence-electron chi connectivity index (χ0n) is 17.7. The minimum atomic E-state index is -0.900. The number of amides is 2. The molecule has 0 saturated heterocycles. The summed E-state index contributed by atoms with van der Waals surface area (Å²) in [5.41, 5.74) is 4.22. The number of aryl methyl sites for hydroxylation is 1. The molecule has 0 radical (unpaired) electrons. The van der Waals surface area contributed by atoms with Crippen molar-refractivity contribution in [1.82, 2.24) is 5.43 Å². The third kappa shape index (κ3) is 6.51. The monoisotopic (exact) mass is 413 g/mol. The van der Waals surface area contributed by atoms with Crippen LogP contribution in [0, 0.1) is 6.92 Å². The maximum atomic E-state index is 12.1. The molecule has 0 aliphatic carbocycles. The molecule has 8 nitrogen and oxygen atoms in total. The van der Waals surface area contributed by atoms with Gasteiger partial charge in [-0.1, -0.05) is 13.0 Å². The maximum Gasteiger partial charge on any atom is 0.329 e. The molecule has 0 aromatic heterocycles. The van der Waals surface area contributed by atoms with Crippen molar-refractivity contribution in [2.45, 2.75) is 27.2 Å². The molecule has 2 rings (SSSR count). The molecular formula is C22H27N3O5. The van der Waals surface area contributed by atoms with Crippen molar-refractivity contribution >= 4 is 23.7 Å². The van der Waals surface area contributed by atoms with E-state index in [1.165, 1.54) is 13.3 Å². The highest BCUT2D eigenvalue weighted by atomic mass is 16.5. The molecule has 0 spiro atoms. The highest BCUT2D eigenvalue weighted by Crippen LogP contribution is 2.28. The van der Waals surface area contributed by atoms with E-state index in [1.54, 1.807) is 30.3 Å². The standard InChI is InChI=1S/C22H27N3O5/c1-5-11-30-19-10-8-16(13-20(19)29-6-2)14-23-25-22(27)21(26)24-17-12-15(3)7-9-18(17)28-4/h7-10,12-14H,5-6,11H2,1-4H3,(H,24,26)(H,25,27)/b23-14-. The van der Waals surface area contributed by atoms with E-state index < -0.39 is 11.8 Å². The molecule has 0 aliphatic heterocycles. The summed E-state index contributed by atoms with van der Waals surface area (Å²) in [5, 5.41) is 6.36. The van der Waals surface area contributed by atoms with Gasteiger partial charge in [-0.3, -0.25) is 9.59 Å². The van der Waals surface area contributed by atoms with Crippen LogP contribution in [0.5, 0.6) is 17.2 Å². The summed E-state index contributed by atoms with van der Waals surface area (Å²) < 4.78 is 16.4. The largest absolute Gasteiger partial charge is 0.495 e. The molecule has 30 heavy (non-hydrogen) atoms. The van der Waals surface area contributed by atoms with Crippen molar-refractivity contribution < 1.29 is 23.8 Å². The molecule has 2 aromatic rings. The zero-order chi connectivity index (χ0) is 21.9. The van der Waals surface area contributed by atoms with Gasteiger partial charge >= 0.3 is 11.8 Å². The lowest BCUT2D eigenvalue weighted by atomic mass is 10.2. The van der Waals surface area contributed by atoms with Gasteiger partial charge in [0.15, 0.2) is 11.5 Å². The topological polar surface area (TPSA) is 98.2 Å². The van der Waals surface area contributed by atoms with E-state index in [0.29, 0.717) is 41.7 Å². The normalized spacial score (nSPS) is 10.5. The Morgan fingerprint density at radius 1 is 1.00 bits per heavy atom. The number of benzene rings is 2. The van der Waals surface area contributed by atoms with E-state index in [1.807, 2.05) is 26.8 Å². The Hall–Kier alpha value is -3.55. The van der Waals surface area contributed by atoms with E-state index in [4.69, 9.17) is 14.2 Å². The van der Waals surface area contributed by atoms with Crippen molar-refractivity contribution in [2.75, 3.05) is 25.6 Å². The molecule has 8 heteroatoms. The van der Waals surface area contributed by atoms with Gasteiger partial charge in [0, 0.05) is 0 Å². The summed E-state index contributed by atoms with van der Waals surface area (Å²) in [6.45, 7) is 6.85. The van der Waals surface area contributed by atoms with Gasteiger partial charge in [0.2, 0.25) is 0 Å². The van der Waals surface area contributed by atoms with Crippen LogP contribution in [0.4, 0.5) is 5.69 Å². The Bertz CT molecular complexity index is 912. The average Bonchev–Trinajstić information content (AvgIpc) is 2.73. The molecular weight excluding hydrogens is 386 g/mol. The third-order valence-electron chi connectivity index (χ3n) is 3.92. The first kappa shape index (κ1) is 22.7. The molecule has 0 aliphatic rings. The SMILES string of the molecule is CCCOc1ccc(/C=N\NC(=O)C(=O)Nc2cc(C)ccc2OC)cc1OCC. The molecule has 0 fully saturated rings. The van der Waals surface area contributed by atoms with Crippen molar-refractivity contribution in [3.63, 3.8) is 0 Å². The first-order chi connectivity index (χ1) is 14.5. The van der Waals surface area contributed by atoms with Crippen LogP contribution in [0.25, 0.3) is 0 Å². The summed E-state index contributed by atoms with van der Waals surface area (Å²) in [6, 6.07) is 10.6. The lowest BCUT2D eigenvalue weighted by Gasteiger charge is -2.12. The van der Waals surface area contributed by atoms with E-state index >= 15 is 0 Å². The van der Waals surface area contributed by atoms with Crippen LogP contribution in [-0.2, 0) is 9.59 Å². The van der Waals surface area contributed by atoms with Gasteiger partial charge in [-0.25, -0.2) is 5.43 Å². The van der Waals surface area contributed by atoms with E-state index in [9.17, 15) is 9.59 Å². The Kier molecular flexibility index (Phi) is 8.68. The summed E-state index contributed by atoms with van der Waals surface area (Å²) in [6.07, 6.45) is 2.31. The molecule has 2 N–H and O–H groups in total. The minimum absolute atomic E-state index is 0.408. The lowest BCUT2D eigenvalue weighted by molar-refractivity contribution is -0.136. The van der Waals surface area contributed by atoms with Crippen molar-refractivity contribution in [3.8, 4) is 17.2 Å². The first-order valence-corrected chi connectivity index (χ1v) is 9.67. The number of anilines is 1. The van der Waals surface area contributed by atoms with Gasteiger partial charge in [-0.2, -0.15) is 5.10 Å². The highest BCUT2D eigenvalue weighted by molar-refractivity contribution is 6.39. The van der Waals surface area contributed by atoms with E-state index in [2.05, 4.69) is 15.8 Å². The van der Waals surface area contributed by atoms with Gasteiger partial charge in [-0.15, -0.1) is 0 Å². The number of nitrogens with one attached hydrogen (secondary N) is 2. The molecule has 0 unspecified atom stereocenters. The number of carbonyl (C=O) groups excluding carboxylic acids is 2. The predicted molar refractivity (Wildman–Crippen MR) is 115 cm³/mol. The third-order valence-corrected chi connectivity index (χ3v) is 3.92. The van der Waals surface area contributed by atoms with Crippen LogP contribution in [0.1, 0.15) is 31.4 Å². The highest BCUT2D eigenvalue weighted by Gasteiger charge is 2.15. The Balaban J connectivity index is 2.00. The molecule has 0 bridgehead atoms. The van der Waals surface area contributed by atoms with Crippen LogP contribution in [0.15, 0.2) is 41.5 Å². The van der Waals surface area contributed by atoms with Crippen molar-refractivity contribution in [2.24, 2.45) is 5.10 Å². The Labute approximate surface area is 176 Å². The molecule has 0 saturated carbocycles. The first-order valence-electron chi connectivity index (χ1n) is 9.67. The van der Waals surface area contributed by atoms with Crippen LogP contribution in [-0.4, -0.2) is 38.4 Å². The summed E-state index contributed by atoms with van der Waals surface area (Å²) in [7, 11) is 1.49. The number of methoxy groups -OCH3 is 1. The molecule has 0 heterocycles. The van der Waals surface area contributed by atoms with Crippen LogP contribution in [0.2, 0.25) is 0 Å². The lowest BCUT2D eigenvalue weighted by Crippen LogP contribution is -2.32. The predicted octanol–water partition coefficient (Wildman–Crippen LogP) is 3.28. The number of carbonyl (C=O) groups is 2. The zero-order valence-corrected chi connectivity index (χ0v) is 17.7. The second-order valence-electron chi connectivity index (χ2n) is 6.34. The second kappa shape index (κ2) is 11.5. The maximum absolute atomic E-state index is 12.1. The fourth-order valence-electron chi connectivity index (χ4n) is 2.52. The fourth-order valence-corrected chi connectivity index (χ4v) is 2.52. The van der Waals surface area contributed by atoms with E-state index in [-0.39, 0.29) is 0 Å².